The second-order valence-electron chi connectivity index (χ2n) is 6.55. The van der Waals surface area contributed by atoms with Crippen LogP contribution in [0.5, 0.6) is 5.75 Å². The molecule has 134 valence electrons. The first-order valence-electron chi connectivity index (χ1n) is 8.67. The lowest BCUT2D eigenvalue weighted by Crippen LogP contribution is -2.43. The molecule has 0 aliphatic carbocycles. The molecule has 2 unspecified atom stereocenters. The summed E-state index contributed by atoms with van der Waals surface area (Å²) in [7, 11) is 0. The topological polar surface area (TPSA) is 52.9 Å². The molecule has 2 N–H and O–H groups in total. The number of halogens is 1. The van der Waals surface area contributed by atoms with Gasteiger partial charge in [-0.15, -0.1) is 0 Å². The number of likely N-dealkylation sites (tertiary alicyclic amines) is 1. The van der Waals surface area contributed by atoms with Crippen LogP contribution in [0, 0.1) is 0 Å². The van der Waals surface area contributed by atoms with Crippen LogP contribution in [0.15, 0.2) is 48.5 Å². The zero-order chi connectivity index (χ0) is 17.6. The van der Waals surface area contributed by atoms with E-state index in [9.17, 15) is 10.2 Å². The number of rotatable bonds is 6. The maximum Gasteiger partial charge on any atom is 0.119 e. The fourth-order valence-electron chi connectivity index (χ4n) is 3.13. The van der Waals surface area contributed by atoms with Crippen molar-refractivity contribution in [2.45, 2.75) is 25.0 Å². The summed E-state index contributed by atoms with van der Waals surface area (Å²) in [6.45, 7) is 2.32. The van der Waals surface area contributed by atoms with Crippen molar-refractivity contribution in [2.24, 2.45) is 0 Å². The molecular formula is C20H24ClNO3. The number of nitrogens with zero attached hydrogens (tertiary/aromatic N) is 1. The standard InChI is InChI=1S/C20H24ClNO3/c21-17-7-3-15(4-8-17)16-5-9-20(10-6-16)25-14-19(24)13-22-11-1-2-18(23)12-22/h3-10,18-19,23-24H,1-2,11-14H2. The molecule has 1 saturated heterocycles. The van der Waals surface area contributed by atoms with Crippen molar-refractivity contribution in [1.29, 1.82) is 0 Å². The lowest BCUT2D eigenvalue weighted by Gasteiger charge is -2.31. The number of aliphatic hydroxyl groups is 2. The highest BCUT2D eigenvalue weighted by atomic mass is 35.5. The number of aliphatic hydroxyl groups excluding tert-OH is 2. The van der Waals surface area contributed by atoms with E-state index in [0.717, 1.165) is 41.3 Å². The first-order chi connectivity index (χ1) is 12.1. The maximum atomic E-state index is 10.1. The summed E-state index contributed by atoms with van der Waals surface area (Å²) >= 11 is 5.91. The Balaban J connectivity index is 1.49. The average Bonchev–Trinajstić information content (AvgIpc) is 2.61. The summed E-state index contributed by atoms with van der Waals surface area (Å²) in [5.74, 6) is 0.732. The molecule has 1 aliphatic rings. The highest BCUT2D eigenvalue weighted by Crippen LogP contribution is 2.24. The third-order valence-corrected chi connectivity index (χ3v) is 4.68. The normalized spacial score (nSPS) is 19.6. The van der Waals surface area contributed by atoms with E-state index in [1.807, 2.05) is 48.5 Å². The van der Waals surface area contributed by atoms with Gasteiger partial charge in [-0.2, -0.15) is 0 Å². The molecule has 1 fully saturated rings. The smallest absolute Gasteiger partial charge is 0.119 e. The molecule has 1 heterocycles. The van der Waals surface area contributed by atoms with Crippen molar-refractivity contribution < 1.29 is 14.9 Å². The molecule has 3 rings (SSSR count). The van der Waals surface area contributed by atoms with Crippen LogP contribution in [-0.4, -0.2) is 53.6 Å². The van der Waals surface area contributed by atoms with Crippen LogP contribution in [0.4, 0.5) is 0 Å². The first kappa shape index (κ1) is 18.2. The number of piperidine rings is 1. The molecule has 0 aromatic heterocycles. The third kappa shape index (κ3) is 5.44. The van der Waals surface area contributed by atoms with Crippen molar-refractivity contribution in [3.63, 3.8) is 0 Å². The molecule has 4 nitrogen and oxygen atoms in total. The van der Waals surface area contributed by atoms with E-state index in [4.69, 9.17) is 16.3 Å². The second kappa shape index (κ2) is 8.68. The lowest BCUT2D eigenvalue weighted by atomic mass is 10.1. The van der Waals surface area contributed by atoms with Crippen LogP contribution in [-0.2, 0) is 0 Å². The van der Waals surface area contributed by atoms with Gasteiger partial charge in [-0.1, -0.05) is 35.9 Å². The van der Waals surface area contributed by atoms with Crippen molar-refractivity contribution in [3.05, 3.63) is 53.6 Å². The monoisotopic (exact) mass is 361 g/mol. The van der Waals surface area contributed by atoms with E-state index in [1.165, 1.54) is 0 Å². The minimum Gasteiger partial charge on any atom is -0.491 e. The van der Waals surface area contributed by atoms with Crippen LogP contribution >= 0.6 is 11.6 Å². The second-order valence-corrected chi connectivity index (χ2v) is 6.99. The van der Waals surface area contributed by atoms with Gasteiger partial charge in [0.1, 0.15) is 18.5 Å². The minimum absolute atomic E-state index is 0.243. The summed E-state index contributed by atoms with van der Waals surface area (Å²) in [4.78, 5) is 2.09. The predicted molar refractivity (Wildman–Crippen MR) is 100 cm³/mol. The van der Waals surface area contributed by atoms with Gasteiger partial charge in [-0.25, -0.2) is 0 Å². The highest BCUT2D eigenvalue weighted by Gasteiger charge is 2.20. The molecular weight excluding hydrogens is 338 g/mol. The Morgan fingerprint density at radius 3 is 2.36 bits per heavy atom. The van der Waals surface area contributed by atoms with Gasteiger partial charge < -0.3 is 14.9 Å². The fourth-order valence-corrected chi connectivity index (χ4v) is 3.25. The Labute approximate surface area is 153 Å². The Hall–Kier alpha value is -1.59. The molecule has 25 heavy (non-hydrogen) atoms. The molecule has 0 saturated carbocycles. The number of hydrogen-bond donors (Lipinski definition) is 2. The van der Waals surface area contributed by atoms with Crippen LogP contribution in [0.3, 0.4) is 0 Å². The van der Waals surface area contributed by atoms with Crippen molar-refractivity contribution in [3.8, 4) is 16.9 Å². The summed E-state index contributed by atoms with van der Waals surface area (Å²) < 4.78 is 5.69. The summed E-state index contributed by atoms with van der Waals surface area (Å²) in [5.41, 5.74) is 2.19. The zero-order valence-corrected chi connectivity index (χ0v) is 14.9. The minimum atomic E-state index is -0.568. The van der Waals surface area contributed by atoms with Crippen LogP contribution < -0.4 is 4.74 Å². The molecule has 2 aromatic carbocycles. The molecule has 2 atom stereocenters. The molecule has 0 spiro atoms. The predicted octanol–water partition coefficient (Wildman–Crippen LogP) is 3.20. The van der Waals surface area contributed by atoms with Gasteiger partial charge in [0, 0.05) is 18.1 Å². The summed E-state index contributed by atoms with van der Waals surface area (Å²) in [6, 6.07) is 15.5. The quantitative estimate of drug-likeness (QED) is 0.829. The summed E-state index contributed by atoms with van der Waals surface area (Å²) in [6.07, 6.45) is 0.979. The molecule has 0 bridgehead atoms. The summed E-state index contributed by atoms with van der Waals surface area (Å²) in [5, 5.41) is 20.5. The number of benzene rings is 2. The highest BCUT2D eigenvalue weighted by molar-refractivity contribution is 6.30. The molecule has 1 aliphatic heterocycles. The molecule has 2 aromatic rings. The van der Waals surface area contributed by atoms with Gasteiger partial charge in [-0.3, -0.25) is 4.90 Å². The largest absolute Gasteiger partial charge is 0.491 e. The number of ether oxygens (including phenoxy) is 1. The van der Waals surface area contributed by atoms with E-state index >= 15 is 0 Å². The number of β-amino-alcohol motifs (C(OH)–C–C–N with tert-alkyl or cyclic N) is 2. The Morgan fingerprint density at radius 1 is 1.08 bits per heavy atom. The van der Waals surface area contributed by atoms with Crippen molar-refractivity contribution >= 4 is 11.6 Å². The fraction of sp³-hybridized carbons (Fsp3) is 0.400. The van der Waals surface area contributed by atoms with Gasteiger partial charge in [0.2, 0.25) is 0 Å². The Morgan fingerprint density at radius 2 is 1.72 bits per heavy atom. The lowest BCUT2D eigenvalue weighted by molar-refractivity contribution is 0.0243. The van der Waals surface area contributed by atoms with E-state index < -0.39 is 6.10 Å². The molecule has 0 amide bonds. The van der Waals surface area contributed by atoms with Gasteiger partial charge in [0.25, 0.3) is 0 Å². The van der Waals surface area contributed by atoms with Gasteiger partial charge in [0.15, 0.2) is 0 Å². The van der Waals surface area contributed by atoms with Gasteiger partial charge in [0.05, 0.1) is 6.10 Å². The van der Waals surface area contributed by atoms with Crippen LogP contribution in [0.2, 0.25) is 5.02 Å². The third-order valence-electron chi connectivity index (χ3n) is 4.42. The Bertz CT molecular complexity index is 660. The Kier molecular flexibility index (Phi) is 6.32. The first-order valence-corrected chi connectivity index (χ1v) is 9.05. The van der Waals surface area contributed by atoms with Crippen molar-refractivity contribution in [1.82, 2.24) is 4.90 Å². The van der Waals surface area contributed by atoms with Gasteiger partial charge >= 0.3 is 0 Å². The zero-order valence-electron chi connectivity index (χ0n) is 14.1. The van der Waals surface area contributed by atoms with Gasteiger partial charge in [-0.05, 0) is 54.8 Å². The SMILES string of the molecule is OC1CCCN(CC(O)COc2ccc(-c3ccc(Cl)cc3)cc2)C1. The van der Waals surface area contributed by atoms with Crippen molar-refractivity contribution in [2.75, 3.05) is 26.2 Å². The van der Waals surface area contributed by atoms with E-state index in [-0.39, 0.29) is 12.7 Å². The van der Waals surface area contributed by atoms with Crippen LogP contribution in [0.1, 0.15) is 12.8 Å². The van der Waals surface area contributed by atoms with E-state index in [2.05, 4.69) is 4.90 Å². The van der Waals surface area contributed by atoms with Crippen LogP contribution in [0.25, 0.3) is 11.1 Å². The number of hydrogen-bond acceptors (Lipinski definition) is 4. The molecule has 5 heteroatoms. The molecule has 0 radical (unpaired) electrons. The maximum absolute atomic E-state index is 10.1. The average molecular weight is 362 g/mol. The van der Waals surface area contributed by atoms with E-state index in [0.29, 0.717) is 13.1 Å². The van der Waals surface area contributed by atoms with E-state index in [1.54, 1.807) is 0 Å².